The van der Waals surface area contributed by atoms with E-state index < -0.39 is 30.5 Å². The van der Waals surface area contributed by atoms with Crippen LogP contribution in [0.1, 0.15) is 0 Å². The van der Waals surface area contributed by atoms with Crippen molar-refractivity contribution in [2.24, 2.45) is 0 Å². The minimum atomic E-state index is -1.11. The highest BCUT2D eigenvalue weighted by atomic mass is 16.7. The van der Waals surface area contributed by atoms with Crippen LogP contribution in [0.15, 0.2) is 0 Å². The van der Waals surface area contributed by atoms with Gasteiger partial charge in [-0.25, -0.2) is 0 Å². The first-order valence-electron chi connectivity index (χ1n) is 5.13. The number of aliphatic hydroxyl groups excluding tert-OH is 3. The van der Waals surface area contributed by atoms with Crippen LogP contribution in [-0.2, 0) is 18.9 Å². The molecule has 7 heteroatoms. The van der Waals surface area contributed by atoms with Crippen molar-refractivity contribution in [1.82, 2.24) is 0 Å². The monoisotopic (exact) mass is 236 g/mol. The molecule has 0 bridgehead atoms. The zero-order valence-electron chi connectivity index (χ0n) is 8.69. The molecule has 0 saturated carbocycles. The highest BCUT2D eigenvalue weighted by molar-refractivity contribution is 4.88. The van der Waals surface area contributed by atoms with Crippen LogP contribution >= 0.6 is 0 Å². The van der Waals surface area contributed by atoms with E-state index in [0.29, 0.717) is 0 Å². The Kier molecular flexibility index (Phi) is 4.09. The van der Waals surface area contributed by atoms with Crippen LogP contribution in [0.25, 0.3) is 0 Å². The molecule has 2 aliphatic heterocycles. The fourth-order valence-electron chi connectivity index (χ4n) is 1.84. The fourth-order valence-corrected chi connectivity index (χ4v) is 1.84. The highest BCUT2D eigenvalue weighted by Crippen LogP contribution is 2.20. The van der Waals surface area contributed by atoms with Crippen LogP contribution in [0.5, 0.6) is 0 Å². The van der Waals surface area contributed by atoms with E-state index in [0.717, 1.165) is 0 Å². The summed E-state index contributed by atoms with van der Waals surface area (Å²) in [7, 11) is 0. The summed E-state index contributed by atoms with van der Waals surface area (Å²) in [5.41, 5.74) is 0. The topological polar surface area (TPSA) is 97.6 Å². The number of ether oxygens (including phenoxy) is 4. The van der Waals surface area contributed by atoms with E-state index >= 15 is 0 Å². The average Bonchev–Trinajstić information content (AvgIpc) is 2.29. The molecule has 0 aliphatic carbocycles. The van der Waals surface area contributed by atoms with E-state index in [1.165, 1.54) is 0 Å². The summed E-state index contributed by atoms with van der Waals surface area (Å²) >= 11 is 0. The van der Waals surface area contributed by atoms with Crippen molar-refractivity contribution in [2.45, 2.75) is 30.5 Å². The van der Waals surface area contributed by atoms with Crippen molar-refractivity contribution in [3.05, 3.63) is 0 Å². The number of aliphatic hydroxyl groups is 3. The van der Waals surface area contributed by atoms with Gasteiger partial charge < -0.3 is 34.3 Å². The predicted octanol–water partition coefficient (Wildman–Crippen LogP) is -2.19. The SMILES string of the molecule is OC([C@H]1OCOC[C@H]1O)[C@H]1OCOC[C@H]1O. The molecule has 0 unspecified atom stereocenters. The van der Waals surface area contributed by atoms with Gasteiger partial charge in [0.25, 0.3) is 0 Å². The van der Waals surface area contributed by atoms with E-state index in [-0.39, 0.29) is 26.8 Å². The fraction of sp³-hybridized carbons (Fsp3) is 1.00. The van der Waals surface area contributed by atoms with Crippen molar-refractivity contribution in [2.75, 3.05) is 26.8 Å². The average molecular weight is 236 g/mol. The van der Waals surface area contributed by atoms with Crippen LogP contribution in [0, 0.1) is 0 Å². The molecule has 2 rings (SSSR count). The molecule has 94 valence electrons. The Morgan fingerprint density at radius 1 is 0.875 bits per heavy atom. The van der Waals surface area contributed by atoms with Crippen LogP contribution in [0.3, 0.4) is 0 Å². The summed E-state index contributed by atoms with van der Waals surface area (Å²) in [6.45, 7) is 0.221. The molecule has 0 radical (unpaired) electrons. The molecule has 2 fully saturated rings. The van der Waals surface area contributed by atoms with Gasteiger partial charge >= 0.3 is 0 Å². The third-order valence-electron chi connectivity index (χ3n) is 2.70. The van der Waals surface area contributed by atoms with Gasteiger partial charge in [-0.15, -0.1) is 0 Å². The molecule has 16 heavy (non-hydrogen) atoms. The summed E-state index contributed by atoms with van der Waals surface area (Å²) in [5.74, 6) is 0. The molecule has 0 aromatic rings. The van der Waals surface area contributed by atoms with Crippen molar-refractivity contribution in [3.8, 4) is 0 Å². The summed E-state index contributed by atoms with van der Waals surface area (Å²) < 4.78 is 19.9. The normalized spacial score (nSPS) is 41.2. The third-order valence-corrected chi connectivity index (χ3v) is 2.70. The lowest BCUT2D eigenvalue weighted by molar-refractivity contribution is -0.269. The lowest BCUT2D eigenvalue weighted by atomic mass is 9.98. The van der Waals surface area contributed by atoms with E-state index in [2.05, 4.69) is 0 Å². The Balaban J connectivity index is 1.96. The van der Waals surface area contributed by atoms with Crippen molar-refractivity contribution < 1.29 is 34.3 Å². The molecule has 0 spiro atoms. The quantitative estimate of drug-likeness (QED) is 0.501. The standard InChI is InChI=1S/C9H16O7/c10-5-1-13-3-15-8(5)7(12)9-6(11)2-14-4-16-9/h5-12H,1-4H2/t5-,6-,8+,9+/m1/s1. The number of hydrogen-bond acceptors (Lipinski definition) is 7. The van der Waals surface area contributed by atoms with Crippen LogP contribution in [0.2, 0.25) is 0 Å². The van der Waals surface area contributed by atoms with Crippen molar-refractivity contribution in [3.63, 3.8) is 0 Å². The zero-order chi connectivity index (χ0) is 11.5. The lowest BCUT2D eigenvalue weighted by Crippen LogP contribution is -2.56. The molecule has 0 aromatic carbocycles. The van der Waals surface area contributed by atoms with Gasteiger partial charge in [-0.1, -0.05) is 0 Å². The molecule has 0 amide bonds. The molecule has 4 atom stereocenters. The molecule has 2 saturated heterocycles. The number of hydrogen-bond donors (Lipinski definition) is 3. The summed E-state index contributed by atoms with van der Waals surface area (Å²) in [6, 6.07) is 0. The largest absolute Gasteiger partial charge is 0.388 e. The molecular weight excluding hydrogens is 220 g/mol. The van der Waals surface area contributed by atoms with Crippen molar-refractivity contribution >= 4 is 0 Å². The maximum Gasteiger partial charge on any atom is 0.147 e. The molecule has 2 heterocycles. The molecule has 3 N–H and O–H groups in total. The minimum Gasteiger partial charge on any atom is -0.388 e. The summed E-state index contributed by atoms with van der Waals surface area (Å²) in [4.78, 5) is 0. The Labute approximate surface area is 92.5 Å². The van der Waals surface area contributed by atoms with Gasteiger partial charge in [0.05, 0.1) is 13.2 Å². The highest BCUT2D eigenvalue weighted by Gasteiger charge is 2.41. The van der Waals surface area contributed by atoms with Gasteiger partial charge in [-0.2, -0.15) is 0 Å². The van der Waals surface area contributed by atoms with Crippen LogP contribution < -0.4 is 0 Å². The second-order valence-corrected chi connectivity index (χ2v) is 3.87. The van der Waals surface area contributed by atoms with Gasteiger partial charge in [0.2, 0.25) is 0 Å². The Morgan fingerprint density at radius 3 is 1.69 bits per heavy atom. The van der Waals surface area contributed by atoms with E-state index in [1.54, 1.807) is 0 Å². The van der Waals surface area contributed by atoms with E-state index in [4.69, 9.17) is 18.9 Å². The predicted molar refractivity (Wildman–Crippen MR) is 49.4 cm³/mol. The molecule has 2 aliphatic rings. The summed E-state index contributed by atoms with van der Waals surface area (Å²) in [5, 5.41) is 29.1. The first-order valence-corrected chi connectivity index (χ1v) is 5.13. The zero-order valence-corrected chi connectivity index (χ0v) is 8.69. The lowest BCUT2D eigenvalue weighted by Gasteiger charge is -2.38. The molecular formula is C9H16O7. The van der Waals surface area contributed by atoms with E-state index in [1.807, 2.05) is 0 Å². The van der Waals surface area contributed by atoms with Gasteiger partial charge in [0, 0.05) is 0 Å². The van der Waals surface area contributed by atoms with Gasteiger partial charge in [-0.05, 0) is 0 Å². The minimum absolute atomic E-state index is 0.0120. The van der Waals surface area contributed by atoms with Crippen molar-refractivity contribution in [1.29, 1.82) is 0 Å². The molecule has 0 aromatic heterocycles. The number of rotatable bonds is 2. The van der Waals surface area contributed by atoms with Gasteiger partial charge in [-0.3, -0.25) is 0 Å². The first-order chi connectivity index (χ1) is 7.70. The summed E-state index contributed by atoms with van der Waals surface area (Å²) in [6.07, 6.45) is -4.60. The third kappa shape index (κ3) is 2.51. The Morgan fingerprint density at radius 2 is 1.31 bits per heavy atom. The Bertz CT molecular complexity index is 202. The maximum absolute atomic E-state index is 9.96. The second-order valence-electron chi connectivity index (χ2n) is 3.87. The van der Waals surface area contributed by atoms with Gasteiger partial charge in [0.15, 0.2) is 0 Å². The van der Waals surface area contributed by atoms with Gasteiger partial charge in [0.1, 0.15) is 44.1 Å². The first kappa shape index (κ1) is 12.2. The van der Waals surface area contributed by atoms with E-state index in [9.17, 15) is 15.3 Å². The van der Waals surface area contributed by atoms with Crippen LogP contribution in [-0.4, -0.2) is 72.6 Å². The molecule has 7 nitrogen and oxygen atoms in total. The second kappa shape index (κ2) is 5.37. The maximum atomic E-state index is 9.96. The van der Waals surface area contributed by atoms with Crippen LogP contribution in [0.4, 0.5) is 0 Å². The smallest absolute Gasteiger partial charge is 0.147 e. The Hall–Kier alpha value is -0.280.